The third-order valence-electron chi connectivity index (χ3n) is 4.44. The fourth-order valence-corrected chi connectivity index (χ4v) is 4.19. The maximum atomic E-state index is 12.9. The van der Waals surface area contributed by atoms with Gasteiger partial charge in [0.1, 0.15) is 5.60 Å². The number of carbonyl (C=O) groups is 2. The molecule has 1 heterocycles. The topological polar surface area (TPSA) is 99.0 Å². The van der Waals surface area contributed by atoms with E-state index in [0.717, 1.165) is 10.6 Å². The van der Waals surface area contributed by atoms with Crippen molar-refractivity contribution in [3.8, 4) is 0 Å². The number of nitro groups is 1. The minimum atomic E-state index is -0.701. The van der Waals surface area contributed by atoms with Crippen LogP contribution in [0.3, 0.4) is 0 Å². The van der Waals surface area contributed by atoms with E-state index in [2.05, 4.69) is 0 Å². The van der Waals surface area contributed by atoms with Gasteiger partial charge in [-0.25, -0.2) is 4.79 Å². The van der Waals surface area contributed by atoms with Gasteiger partial charge >= 0.3 is 12.1 Å². The van der Waals surface area contributed by atoms with E-state index < -0.39 is 34.5 Å². The number of hydrogen-bond donors (Lipinski definition) is 0. The fourth-order valence-electron chi connectivity index (χ4n) is 3.37. The van der Waals surface area contributed by atoms with Crippen LogP contribution in [0.15, 0.2) is 23.1 Å². The first-order chi connectivity index (χ1) is 13.6. The van der Waals surface area contributed by atoms with E-state index in [4.69, 9.17) is 9.47 Å². The highest BCUT2D eigenvalue weighted by Gasteiger charge is 2.45. The summed E-state index contributed by atoms with van der Waals surface area (Å²) in [4.78, 5) is 38.7. The number of benzene rings is 1. The van der Waals surface area contributed by atoms with Crippen LogP contribution in [0.25, 0.3) is 0 Å². The number of non-ortho nitro benzene ring substituents is 1. The highest BCUT2D eigenvalue weighted by molar-refractivity contribution is 7.99. The van der Waals surface area contributed by atoms with Gasteiger partial charge in [-0.2, -0.15) is 0 Å². The Morgan fingerprint density at radius 2 is 2.00 bits per heavy atom. The molecule has 2 atom stereocenters. The van der Waals surface area contributed by atoms with Crippen molar-refractivity contribution in [3.05, 3.63) is 33.9 Å². The molecule has 1 fully saturated rings. The summed E-state index contributed by atoms with van der Waals surface area (Å²) in [5.41, 5.74) is -0.209. The SMILES string of the molecule is CCOC(=O)C1CCN(C(=O)OC(C)(C)C)C1c1cc([N+](=O)[O-])ccc1SCC. The number of carbonyl (C=O) groups excluding carboxylic acids is 2. The molecule has 9 heteroatoms. The molecule has 0 radical (unpaired) electrons. The van der Waals surface area contributed by atoms with Crippen molar-refractivity contribution in [2.24, 2.45) is 5.92 Å². The van der Waals surface area contributed by atoms with E-state index >= 15 is 0 Å². The molecule has 0 spiro atoms. The minimum Gasteiger partial charge on any atom is -0.466 e. The number of esters is 1. The molecule has 0 aliphatic carbocycles. The number of thioether (sulfide) groups is 1. The first-order valence-electron chi connectivity index (χ1n) is 9.66. The first kappa shape index (κ1) is 23.0. The standard InChI is InChI=1S/C20H28N2O6S/c1-6-27-18(23)14-10-11-21(19(24)28-20(3,4)5)17(14)15-12-13(22(25)26)8-9-16(15)29-7-2/h8-9,12,14,17H,6-7,10-11H2,1-5H3. The molecule has 1 aromatic rings. The number of nitro benzene ring substituents is 1. The summed E-state index contributed by atoms with van der Waals surface area (Å²) in [5, 5.41) is 11.4. The predicted molar refractivity (Wildman–Crippen MR) is 110 cm³/mol. The van der Waals surface area contributed by atoms with Crippen molar-refractivity contribution in [3.63, 3.8) is 0 Å². The second-order valence-electron chi connectivity index (χ2n) is 7.68. The lowest BCUT2D eigenvalue weighted by molar-refractivity contribution is -0.385. The van der Waals surface area contributed by atoms with Crippen molar-refractivity contribution in [2.75, 3.05) is 18.9 Å². The number of likely N-dealkylation sites (tertiary alicyclic amines) is 1. The van der Waals surface area contributed by atoms with Gasteiger partial charge in [-0.05, 0) is 51.5 Å². The maximum absolute atomic E-state index is 12.9. The minimum absolute atomic E-state index is 0.0842. The zero-order valence-corrected chi connectivity index (χ0v) is 18.3. The Morgan fingerprint density at radius 1 is 1.31 bits per heavy atom. The van der Waals surface area contributed by atoms with Crippen LogP contribution in [0.1, 0.15) is 52.6 Å². The Kier molecular flexibility index (Phi) is 7.51. The smallest absolute Gasteiger partial charge is 0.410 e. The lowest BCUT2D eigenvalue weighted by Gasteiger charge is -2.31. The summed E-state index contributed by atoms with van der Waals surface area (Å²) in [5.74, 6) is -0.281. The normalized spacial score (nSPS) is 19.1. The van der Waals surface area contributed by atoms with Gasteiger partial charge in [-0.1, -0.05) is 6.92 Å². The van der Waals surface area contributed by atoms with E-state index in [0.29, 0.717) is 18.5 Å². The second kappa shape index (κ2) is 9.47. The molecule has 1 aliphatic heterocycles. The molecule has 1 aliphatic rings. The van der Waals surface area contributed by atoms with Crippen molar-refractivity contribution in [2.45, 2.75) is 57.6 Å². The molecule has 2 unspecified atom stereocenters. The monoisotopic (exact) mass is 424 g/mol. The molecule has 0 bridgehead atoms. The third-order valence-corrected chi connectivity index (χ3v) is 5.41. The Labute approximate surface area is 175 Å². The van der Waals surface area contributed by atoms with Crippen molar-refractivity contribution in [1.29, 1.82) is 0 Å². The lowest BCUT2D eigenvalue weighted by Crippen LogP contribution is -2.38. The number of amides is 1. The Balaban J connectivity index is 2.55. The van der Waals surface area contributed by atoms with E-state index in [9.17, 15) is 19.7 Å². The molecule has 1 amide bonds. The van der Waals surface area contributed by atoms with Gasteiger partial charge in [-0.15, -0.1) is 11.8 Å². The maximum Gasteiger partial charge on any atom is 0.410 e. The predicted octanol–water partition coefficient (Wildman–Crippen LogP) is 4.57. The highest BCUT2D eigenvalue weighted by atomic mass is 32.2. The molecule has 0 N–H and O–H groups in total. The summed E-state index contributed by atoms with van der Waals surface area (Å²) in [7, 11) is 0. The van der Waals surface area contributed by atoms with Gasteiger partial charge in [0.05, 0.1) is 23.5 Å². The van der Waals surface area contributed by atoms with E-state index in [-0.39, 0.29) is 12.3 Å². The van der Waals surface area contributed by atoms with Gasteiger partial charge in [0.2, 0.25) is 0 Å². The highest BCUT2D eigenvalue weighted by Crippen LogP contribution is 2.43. The molecule has 1 saturated heterocycles. The second-order valence-corrected chi connectivity index (χ2v) is 8.98. The van der Waals surface area contributed by atoms with Crippen LogP contribution >= 0.6 is 11.8 Å². The zero-order valence-electron chi connectivity index (χ0n) is 17.5. The molecular weight excluding hydrogens is 396 g/mol. The fraction of sp³-hybridized carbons (Fsp3) is 0.600. The van der Waals surface area contributed by atoms with E-state index in [1.165, 1.54) is 28.8 Å². The first-order valence-corrected chi connectivity index (χ1v) is 10.6. The van der Waals surface area contributed by atoms with Gasteiger partial charge in [0.15, 0.2) is 0 Å². The number of ether oxygens (including phenoxy) is 2. The molecule has 160 valence electrons. The van der Waals surface area contributed by atoms with Crippen LogP contribution in [0.4, 0.5) is 10.5 Å². The lowest BCUT2D eigenvalue weighted by atomic mass is 9.93. The quantitative estimate of drug-likeness (QED) is 0.285. The van der Waals surface area contributed by atoms with Gasteiger partial charge < -0.3 is 14.4 Å². The summed E-state index contributed by atoms with van der Waals surface area (Å²) in [6.45, 7) is 9.53. The summed E-state index contributed by atoms with van der Waals surface area (Å²) < 4.78 is 10.8. The average Bonchev–Trinajstić information content (AvgIpc) is 3.06. The van der Waals surface area contributed by atoms with Crippen molar-refractivity contribution < 1.29 is 24.0 Å². The molecular formula is C20H28N2O6S. The van der Waals surface area contributed by atoms with Crippen LogP contribution in [0, 0.1) is 16.0 Å². The average molecular weight is 425 g/mol. The Hall–Kier alpha value is -2.29. The molecule has 0 aromatic heterocycles. The molecule has 1 aromatic carbocycles. The van der Waals surface area contributed by atoms with Crippen LogP contribution in [0.2, 0.25) is 0 Å². The zero-order chi connectivity index (χ0) is 21.8. The van der Waals surface area contributed by atoms with E-state index in [1.54, 1.807) is 33.8 Å². The van der Waals surface area contributed by atoms with Crippen molar-refractivity contribution >= 4 is 29.5 Å². The Morgan fingerprint density at radius 3 is 2.55 bits per heavy atom. The number of rotatable bonds is 6. The molecule has 0 saturated carbocycles. The molecule has 2 rings (SSSR count). The number of hydrogen-bond acceptors (Lipinski definition) is 7. The van der Waals surface area contributed by atoms with Gasteiger partial charge in [-0.3, -0.25) is 14.9 Å². The molecule has 29 heavy (non-hydrogen) atoms. The number of nitrogens with zero attached hydrogens (tertiary/aromatic N) is 2. The van der Waals surface area contributed by atoms with Crippen LogP contribution in [0.5, 0.6) is 0 Å². The summed E-state index contributed by atoms with van der Waals surface area (Å²) in [6, 6.07) is 3.89. The largest absolute Gasteiger partial charge is 0.466 e. The summed E-state index contributed by atoms with van der Waals surface area (Å²) >= 11 is 1.51. The van der Waals surface area contributed by atoms with Crippen molar-refractivity contribution in [1.82, 2.24) is 4.90 Å². The van der Waals surface area contributed by atoms with Crippen LogP contribution in [-0.4, -0.2) is 46.4 Å². The van der Waals surface area contributed by atoms with Gasteiger partial charge in [0.25, 0.3) is 5.69 Å². The summed E-state index contributed by atoms with van der Waals surface area (Å²) in [6.07, 6.45) is -0.143. The third kappa shape index (κ3) is 5.62. The Bertz CT molecular complexity index is 777. The molecule has 8 nitrogen and oxygen atoms in total. The van der Waals surface area contributed by atoms with Crippen LogP contribution < -0.4 is 0 Å². The van der Waals surface area contributed by atoms with Crippen LogP contribution in [-0.2, 0) is 14.3 Å². The van der Waals surface area contributed by atoms with Gasteiger partial charge in [0, 0.05) is 23.6 Å². The van der Waals surface area contributed by atoms with E-state index in [1.807, 2.05) is 6.92 Å².